The second-order valence-electron chi connectivity index (χ2n) is 4.30. The Bertz CT molecular complexity index is 174. The lowest BCUT2D eigenvalue weighted by atomic mass is 9.69. The van der Waals surface area contributed by atoms with Crippen molar-refractivity contribution >= 4 is 6.03 Å². The fourth-order valence-electron chi connectivity index (χ4n) is 1.82. The molecule has 0 radical (unpaired) electrons. The van der Waals surface area contributed by atoms with E-state index in [4.69, 9.17) is 0 Å². The maximum absolute atomic E-state index is 10.8. The molecule has 2 N–H and O–H groups in total. The molecule has 2 amide bonds. The Balaban J connectivity index is 2.05. The third kappa shape index (κ3) is 2.90. The van der Waals surface area contributed by atoms with Crippen molar-refractivity contribution in [2.24, 2.45) is 17.8 Å². The Morgan fingerprint density at radius 1 is 1.46 bits per heavy atom. The van der Waals surface area contributed by atoms with Crippen molar-refractivity contribution in [3.05, 3.63) is 0 Å². The molecule has 1 aliphatic rings. The van der Waals surface area contributed by atoms with Crippen molar-refractivity contribution in [1.82, 2.24) is 10.6 Å². The van der Waals surface area contributed by atoms with E-state index in [-0.39, 0.29) is 6.03 Å². The van der Waals surface area contributed by atoms with E-state index in [0.717, 1.165) is 18.4 Å². The first-order valence-corrected chi connectivity index (χ1v) is 5.09. The highest BCUT2D eigenvalue weighted by molar-refractivity contribution is 5.73. The third-order valence-corrected chi connectivity index (χ3v) is 2.99. The normalized spacial score (nSPS) is 26.8. The largest absolute Gasteiger partial charge is 0.341 e. The van der Waals surface area contributed by atoms with Crippen LogP contribution in [0.1, 0.15) is 26.7 Å². The molecule has 0 atom stereocenters. The maximum atomic E-state index is 10.8. The first-order valence-electron chi connectivity index (χ1n) is 5.09. The lowest BCUT2D eigenvalue weighted by Gasteiger charge is -2.38. The number of carbonyl (C=O) groups is 1. The molecular weight excluding hydrogens is 164 g/mol. The van der Waals surface area contributed by atoms with Gasteiger partial charge in [-0.25, -0.2) is 4.79 Å². The lowest BCUT2D eigenvalue weighted by molar-refractivity contribution is 0.140. The average molecular weight is 184 g/mol. The van der Waals surface area contributed by atoms with E-state index >= 15 is 0 Å². The summed E-state index contributed by atoms with van der Waals surface area (Å²) < 4.78 is 0. The van der Waals surface area contributed by atoms with Crippen molar-refractivity contribution in [2.75, 3.05) is 13.6 Å². The predicted octanol–water partition coefficient (Wildman–Crippen LogP) is 1.60. The van der Waals surface area contributed by atoms with Crippen LogP contribution in [0.4, 0.5) is 4.79 Å². The Morgan fingerprint density at radius 3 is 2.54 bits per heavy atom. The van der Waals surface area contributed by atoms with Crippen molar-refractivity contribution in [3.8, 4) is 0 Å². The van der Waals surface area contributed by atoms with Gasteiger partial charge in [-0.2, -0.15) is 0 Å². The maximum Gasteiger partial charge on any atom is 0.314 e. The molecule has 13 heavy (non-hydrogen) atoms. The van der Waals surface area contributed by atoms with Crippen LogP contribution in [0.2, 0.25) is 0 Å². The average Bonchev–Trinajstić information content (AvgIpc) is 2.00. The lowest BCUT2D eigenvalue weighted by Crippen LogP contribution is -2.40. The van der Waals surface area contributed by atoms with Crippen molar-refractivity contribution in [3.63, 3.8) is 0 Å². The summed E-state index contributed by atoms with van der Waals surface area (Å²) in [6.07, 6.45) is 2.56. The van der Waals surface area contributed by atoms with E-state index in [9.17, 15) is 4.79 Å². The van der Waals surface area contributed by atoms with E-state index in [0.29, 0.717) is 5.92 Å². The smallest absolute Gasteiger partial charge is 0.314 e. The first-order chi connectivity index (χ1) is 6.13. The van der Waals surface area contributed by atoms with Crippen LogP contribution in [0.3, 0.4) is 0 Å². The highest BCUT2D eigenvalue weighted by Gasteiger charge is 2.30. The topological polar surface area (TPSA) is 41.1 Å². The molecule has 1 rings (SSSR count). The zero-order chi connectivity index (χ0) is 9.84. The van der Waals surface area contributed by atoms with E-state index in [2.05, 4.69) is 24.5 Å². The number of rotatable bonds is 3. The summed E-state index contributed by atoms with van der Waals surface area (Å²) in [5, 5.41) is 5.40. The van der Waals surface area contributed by atoms with E-state index < -0.39 is 0 Å². The molecule has 0 aliphatic heterocycles. The zero-order valence-electron chi connectivity index (χ0n) is 8.76. The number of nitrogens with one attached hydrogen (secondary N) is 2. The van der Waals surface area contributed by atoms with Gasteiger partial charge in [0.15, 0.2) is 0 Å². The van der Waals surface area contributed by atoms with Gasteiger partial charge in [-0.1, -0.05) is 13.8 Å². The number of amides is 2. The second-order valence-corrected chi connectivity index (χ2v) is 4.30. The minimum atomic E-state index is -0.0620. The van der Waals surface area contributed by atoms with Crippen molar-refractivity contribution in [1.29, 1.82) is 0 Å². The van der Waals surface area contributed by atoms with E-state index in [1.54, 1.807) is 7.05 Å². The number of urea groups is 1. The van der Waals surface area contributed by atoms with Crippen LogP contribution in [0.15, 0.2) is 0 Å². The standard InChI is InChI=1S/C10H20N2O/c1-7(2)9-4-8(5-9)6-12-10(13)11-3/h7-9H,4-6H2,1-3H3,(H2,11,12,13)/t8-,9+. The Kier molecular flexibility index (Phi) is 3.58. The SMILES string of the molecule is CNC(=O)NC[C@H]1C[C@@H](C(C)C)C1. The van der Waals surface area contributed by atoms with Gasteiger partial charge in [0.1, 0.15) is 0 Å². The van der Waals surface area contributed by atoms with Crippen LogP contribution in [-0.4, -0.2) is 19.6 Å². The molecule has 1 saturated carbocycles. The minimum absolute atomic E-state index is 0.0620. The summed E-state index contributed by atoms with van der Waals surface area (Å²) in [5.74, 6) is 2.40. The molecule has 3 nitrogen and oxygen atoms in total. The molecule has 1 fully saturated rings. The minimum Gasteiger partial charge on any atom is -0.341 e. The van der Waals surface area contributed by atoms with Crippen LogP contribution in [-0.2, 0) is 0 Å². The fraction of sp³-hybridized carbons (Fsp3) is 0.900. The Labute approximate surface area is 80.3 Å². The number of hydrogen-bond acceptors (Lipinski definition) is 1. The van der Waals surface area contributed by atoms with Gasteiger partial charge in [0, 0.05) is 13.6 Å². The van der Waals surface area contributed by atoms with Gasteiger partial charge in [0.05, 0.1) is 0 Å². The summed E-state index contributed by atoms with van der Waals surface area (Å²) in [6.45, 7) is 5.38. The molecule has 0 heterocycles. The Morgan fingerprint density at radius 2 is 2.08 bits per heavy atom. The van der Waals surface area contributed by atoms with Crippen LogP contribution in [0.25, 0.3) is 0 Å². The van der Waals surface area contributed by atoms with Crippen LogP contribution in [0, 0.1) is 17.8 Å². The molecule has 76 valence electrons. The molecule has 0 aromatic rings. The molecule has 0 spiro atoms. The van der Waals surface area contributed by atoms with Gasteiger partial charge in [-0.15, -0.1) is 0 Å². The quantitative estimate of drug-likeness (QED) is 0.687. The molecule has 1 aliphatic carbocycles. The van der Waals surface area contributed by atoms with Crippen LogP contribution in [0.5, 0.6) is 0 Å². The van der Waals surface area contributed by atoms with Gasteiger partial charge in [-0.05, 0) is 30.6 Å². The molecule has 0 unspecified atom stereocenters. The summed E-state index contributed by atoms with van der Waals surface area (Å²) in [5.41, 5.74) is 0. The van der Waals surface area contributed by atoms with Gasteiger partial charge >= 0.3 is 6.03 Å². The monoisotopic (exact) mass is 184 g/mol. The molecular formula is C10H20N2O. The molecule has 0 bridgehead atoms. The van der Waals surface area contributed by atoms with Crippen LogP contribution < -0.4 is 10.6 Å². The number of carbonyl (C=O) groups excluding carboxylic acids is 1. The fourth-order valence-corrected chi connectivity index (χ4v) is 1.82. The number of hydrogen-bond donors (Lipinski definition) is 2. The van der Waals surface area contributed by atoms with E-state index in [1.165, 1.54) is 12.8 Å². The molecule has 3 heteroatoms. The molecule has 0 aromatic carbocycles. The van der Waals surface area contributed by atoms with Crippen molar-refractivity contribution in [2.45, 2.75) is 26.7 Å². The predicted molar refractivity (Wildman–Crippen MR) is 53.5 cm³/mol. The van der Waals surface area contributed by atoms with Gasteiger partial charge in [0.2, 0.25) is 0 Å². The second kappa shape index (κ2) is 4.49. The van der Waals surface area contributed by atoms with Gasteiger partial charge < -0.3 is 10.6 Å². The van der Waals surface area contributed by atoms with Gasteiger partial charge in [-0.3, -0.25) is 0 Å². The molecule has 0 saturated heterocycles. The zero-order valence-corrected chi connectivity index (χ0v) is 8.76. The summed E-state index contributed by atoms with van der Waals surface area (Å²) >= 11 is 0. The van der Waals surface area contributed by atoms with Crippen LogP contribution >= 0.6 is 0 Å². The summed E-state index contributed by atoms with van der Waals surface area (Å²) in [6, 6.07) is -0.0620. The van der Waals surface area contributed by atoms with E-state index in [1.807, 2.05) is 0 Å². The Hall–Kier alpha value is -0.730. The highest BCUT2D eigenvalue weighted by atomic mass is 16.2. The van der Waals surface area contributed by atoms with Crippen molar-refractivity contribution < 1.29 is 4.79 Å². The first kappa shape index (κ1) is 10.4. The molecule has 0 aromatic heterocycles. The highest BCUT2D eigenvalue weighted by Crippen LogP contribution is 2.38. The summed E-state index contributed by atoms with van der Waals surface area (Å²) in [4.78, 5) is 10.8. The van der Waals surface area contributed by atoms with Gasteiger partial charge in [0.25, 0.3) is 0 Å². The third-order valence-electron chi connectivity index (χ3n) is 2.99. The summed E-state index contributed by atoms with van der Waals surface area (Å²) in [7, 11) is 1.65.